The third-order valence-electron chi connectivity index (χ3n) is 1.11. The van der Waals surface area contributed by atoms with E-state index in [2.05, 4.69) is 9.05 Å². The normalized spacial score (nSPS) is 11.3. The van der Waals surface area contributed by atoms with Gasteiger partial charge in [0, 0.05) is 0 Å². The molecule has 0 heterocycles. The van der Waals surface area contributed by atoms with E-state index in [1.165, 1.54) is 0 Å². The molecule has 6 nitrogen and oxygen atoms in total. The van der Waals surface area contributed by atoms with Crippen molar-refractivity contribution in [3.63, 3.8) is 0 Å². The number of halogens is 2. The second-order valence-corrected chi connectivity index (χ2v) is 5.40. The second-order valence-electron chi connectivity index (χ2n) is 2.33. The molecule has 1 amide bonds. The van der Waals surface area contributed by atoms with Gasteiger partial charge in [-0.15, -0.1) is 21.2 Å². The van der Waals surface area contributed by atoms with E-state index in [4.69, 9.17) is 12.8 Å². The van der Waals surface area contributed by atoms with Crippen molar-refractivity contribution < 1.29 is 31.4 Å². The van der Waals surface area contributed by atoms with Crippen molar-refractivity contribution in [2.75, 3.05) is 13.2 Å². The Morgan fingerprint density at radius 2 is 1.59 bits per heavy atom. The molecule has 0 aliphatic rings. The molecule has 0 radical (unpaired) electrons. The molecule has 0 saturated carbocycles. The second kappa shape index (κ2) is 6.54. The molecule has 10 heteroatoms. The van der Waals surface area contributed by atoms with Crippen LogP contribution in [0.5, 0.6) is 0 Å². The van der Waals surface area contributed by atoms with E-state index in [1.54, 1.807) is 0 Å². The van der Waals surface area contributed by atoms with Crippen molar-refractivity contribution >= 4 is 21.2 Å². The monoisotopic (exact) mass is 285 g/mol. The smallest absolute Gasteiger partial charge is 0.289 e. The summed E-state index contributed by atoms with van der Waals surface area (Å²) in [4.78, 5) is 11.1. The minimum Gasteiger partial charge on any atom is -0.289 e. The number of carbonyl (C=O) groups excluding carboxylic acids is 1. The van der Waals surface area contributed by atoms with Crippen LogP contribution in [0.15, 0.2) is 0 Å². The summed E-state index contributed by atoms with van der Waals surface area (Å²) in [7, 11) is -10.5. The highest BCUT2D eigenvalue weighted by atomic mass is 31.2. The molecule has 0 atom stereocenters. The van der Waals surface area contributed by atoms with Crippen LogP contribution in [0.4, 0.5) is 13.2 Å². The topological polar surface area (TPSA) is 81.7 Å². The largest absolute Gasteiger partial charge is 0.511 e. The van der Waals surface area contributed by atoms with Gasteiger partial charge in [-0.2, -0.15) is 0 Å². The summed E-state index contributed by atoms with van der Waals surface area (Å²) in [6.07, 6.45) is 9.53. The minimum absolute atomic E-state index is 0.627. The first kappa shape index (κ1) is 15.8. The Morgan fingerprint density at radius 3 is 1.88 bits per heavy atom. The molecule has 0 aromatic rings. The Kier molecular flexibility index (Phi) is 6.09. The molecule has 0 aromatic heterocycles. The van der Waals surface area contributed by atoms with Gasteiger partial charge in [-0.25, -0.2) is 14.2 Å². The van der Waals surface area contributed by atoms with Crippen molar-refractivity contribution in [3.8, 4) is 24.7 Å². The molecule has 94 valence electrons. The van der Waals surface area contributed by atoms with E-state index in [1.807, 2.05) is 11.8 Å². The van der Waals surface area contributed by atoms with Crippen LogP contribution in [0, 0.1) is 24.7 Å². The van der Waals surface area contributed by atoms with E-state index >= 15 is 0 Å². The summed E-state index contributed by atoms with van der Waals surface area (Å²) >= 11 is 0. The average molecular weight is 285 g/mol. The van der Waals surface area contributed by atoms with Crippen molar-refractivity contribution in [3.05, 3.63) is 0 Å². The van der Waals surface area contributed by atoms with Gasteiger partial charge in [0.2, 0.25) is 0 Å². The van der Waals surface area contributed by atoms with E-state index in [9.17, 15) is 22.3 Å². The highest BCUT2D eigenvalue weighted by Crippen LogP contribution is 2.53. The summed E-state index contributed by atoms with van der Waals surface area (Å²) in [5.41, 5.74) is -1.86. The van der Waals surface area contributed by atoms with Crippen molar-refractivity contribution in [1.82, 2.24) is 5.09 Å². The average Bonchev–Trinajstić information content (AvgIpc) is 2.21. The van der Waals surface area contributed by atoms with Crippen LogP contribution in [0.25, 0.3) is 0 Å². The third-order valence-corrected chi connectivity index (χ3v) is 3.30. The molecule has 0 unspecified atom stereocenters. The SMILES string of the molecule is C#CCOP(=O)(OCC#C)C(=O)NP(=O)(F)F. The van der Waals surface area contributed by atoms with Gasteiger partial charge in [-0.05, 0) is 0 Å². The predicted molar refractivity (Wildman–Crippen MR) is 55.5 cm³/mol. The van der Waals surface area contributed by atoms with Gasteiger partial charge in [0.15, 0.2) is 0 Å². The van der Waals surface area contributed by atoms with E-state index < -0.39 is 34.4 Å². The number of hydrogen-bond donors (Lipinski definition) is 1. The minimum atomic E-state index is -5.92. The van der Waals surface area contributed by atoms with Crippen LogP contribution in [0.1, 0.15) is 0 Å². The van der Waals surface area contributed by atoms with Gasteiger partial charge in [-0.3, -0.25) is 13.8 Å². The maximum Gasteiger partial charge on any atom is 0.511 e. The number of rotatable bonds is 6. The third kappa shape index (κ3) is 6.21. The molecule has 0 aliphatic carbocycles. The zero-order valence-electron chi connectivity index (χ0n) is 8.26. The summed E-state index contributed by atoms with van der Waals surface area (Å²) in [5, 5.41) is 0.711. The van der Waals surface area contributed by atoms with Crippen LogP contribution in [0.2, 0.25) is 0 Å². The number of nitrogens with one attached hydrogen (secondary N) is 1. The summed E-state index contributed by atoms with van der Waals surface area (Å²) in [6.45, 7) is -1.25. The molecule has 0 rings (SSSR count). The number of carbonyl (C=O) groups is 1. The Balaban J connectivity index is 4.87. The quantitative estimate of drug-likeness (QED) is 0.597. The maximum atomic E-state index is 12.1. The van der Waals surface area contributed by atoms with Gasteiger partial charge in [0.1, 0.15) is 13.2 Å². The first-order valence-corrected chi connectivity index (χ1v) is 6.86. The number of amides is 1. The van der Waals surface area contributed by atoms with Crippen LogP contribution >= 0.6 is 15.5 Å². The van der Waals surface area contributed by atoms with Crippen LogP contribution in [-0.2, 0) is 18.2 Å². The Morgan fingerprint density at radius 1 is 1.18 bits per heavy atom. The zero-order valence-corrected chi connectivity index (χ0v) is 10.0. The van der Waals surface area contributed by atoms with Crippen LogP contribution < -0.4 is 5.09 Å². The lowest BCUT2D eigenvalue weighted by atomic mass is 10.8. The fraction of sp³-hybridized carbons (Fsp3) is 0.286. The van der Waals surface area contributed by atoms with Crippen molar-refractivity contribution in [2.45, 2.75) is 0 Å². The lowest BCUT2D eigenvalue weighted by Crippen LogP contribution is -2.18. The molecular weight excluding hydrogens is 278 g/mol. The molecule has 0 spiro atoms. The highest BCUT2D eigenvalue weighted by Gasteiger charge is 2.39. The molecule has 0 aliphatic heterocycles. The molecule has 0 aromatic carbocycles. The van der Waals surface area contributed by atoms with E-state index in [0.717, 1.165) is 0 Å². The summed E-state index contributed by atoms with van der Waals surface area (Å²) in [6, 6.07) is 0. The van der Waals surface area contributed by atoms with Crippen molar-refractivity contribution in [1.29, 1.82) is 0 Å². The lowest BCUT2D eigenvalue weighted by molar-refractivity contribution is 0.222. The standard InChI is InChI=1S/C7H7F2NO5P2/c1-3-5-14-16(12,15-6-4-2)7(11)10-17(8,9)13/h1-2H,5-6H2,(H,10,11,13). The van der Waals surface area contributed by atoms with E-state index in [0.29, 0.717) is 5.09 Å². The molecule has 17 heavy (non-hydrogen) atoms. The van der Waals surface area contributed by atoms with E-state index in [-0.39, 0.29) is 0 Å². The lowest BCUT2D eigenvalue weighted by Gasteiger charge is -2.14. The molecule has 0 bridgehead atoms. The Hall–Kier alpha value is -1.17. The van der Waals surface area contributed by atoms with Gasteiger partial charge in [0.25, 0.3) is 0 Å². The highest BCUT2D eigenvalue weighted by molar-refractivity contribution is 7.73. The first-order chi connectivity index (χ1) is 7.75. The number of terminal acetylenes is 2. The fourth-order valence-corrected chi connectivity index (χ4v) is 2.43. The fourth-order valence-electron chi connectivity index (χ4n) is 0.572. The Bertz CT molecular complexity index is 438. The molecular formula is C7H7F2NO5P2. The first-order valence-electron chi connectivity index (χ1n) is 3.83. The summed E-state index contributed by atoms with van der Waals surface area (Å²) < 4.78 is 54.4. The molecule has 0 fully saturated rings. The predicted octanol–water partition coefficient (Wildman–Crippen LogP) is 2.24. The summed E-state index contributed by atoms with van der Waals surface area (Å²) in [5.74, 6) is 3.71. The molecule has 1 N–H and O–H groups in total. The van der Waals surface area contributed by atoms with Gasteiger partial charge >= 0.3 is 21.2 Å². The number of hydrogen-bond acceptors (Lipinski definition) is 5. The van der Waals surface area contributed by atoms with Crippen molar-refractivity contribution in [2.24, 2.45) is 0 Å². The molecule has 0 saturated heterocycles. The Labute approximate surface area is 96.3 Å². The maximum absolute atomic E-state index is 12.1. The van der Waals surface area contributed by atoms with Crippen LogP contribution in [0.3, 0.4) is 0 Å². The zero-order chi connectivity index (χ0) is 13.5. The van der Waals surface area contributed by atoms with Crippen LogP contribution in [-0.4, -0.2) is 18.9 Å². The van der Waals surface area contributed by atoms with Gasteiger partial charge in [-0.1, -0.05) is 11.8 Å². The van der Waals surface area contributed by atoms with Gasteiger partial charge in [0.05, 0.1) is 0 Å². The van der Waals surface area contributed by atoms with Gasteiger partial charge < -0.3 is 0 Å².